The smallest absolute Gasteiger partial charge is 0.0633 e. The molecule has 0 amide bonds. The van der Waals surface area contributed by atoms with E-state index in [0.717, 1.165) is 5.69 Å². The van der Waals surface area contributed by atoms with Gasteiger partial charge in [-0.15, -0.1) is 0 Å². The monoisotopic (exact) mass is 694 g/mol. The summed E-state index contributed by atoms with van der Waals surface area (Å²) in [7, 11) is 0. The van der Waals surface area contributed by atoms with Crippen LogP contribution in [0.25, 0.3) is 22.3 Å². The molecular weight excluding hydrogens is 627 g/mol. The Morgan fingerprint density at radius 1 is 0.404 bits per heavy atom. The first kappa shape index (κ1) is 38.3. The minimum atomic E-state index is 0.0907. The lowest BCUT2D eigenvalue weighted by Crippen LogP contribution is -2.25. The maximum Gasteiger partial charge on any atom is 0.0633 e. The van der Waals surface area contributed by atoms with E-state index in [2.05, 4.69) is 119 Å². The largest absolute Gasteiger partial charge is 0.256 e. The number of benzene rings is 4. The number of hydrogen-bond acceptors (Lipinski definition) is 1. The zero-order valence-electron chi connectivity index (χ0n) is 33.2. The van der Waals surface area contributed by atoms with Gasteiger partial charge in [0.25, 0.3) is 0 Å². The Labute approximate surface area is 317 Å². The average molecular weight is 694 g/mol. The van der Waals surface area contributed by atoms with Gasteiger partial charge in [0.2, 0.25) is 0 Å². The number of nitrogens with zero attached hydrogens (tertiary/aromatic N) is 1. The van der Waals surface area contributed by atoms with Crippen molar-refractivity contribution in [3.63, 3.8) is 0 Å². The maximum absolute atomic E-state index is 5.27. The first-order valence-electron chi connectivity index (χ1n) is 21.6. The predicted molar refractivity (Wildman–Crippen MR) is 228 cm³/mol. The number of rotatable bonds is 22. The highest BCUT2D eigenvalue weighted by Gasteiger charge is 2.43. The molecule has 6 rings (SSSR count). The number of hydrogen-bond donors (Lipinski definition) is 0. The zero-order valence-corrected chi connectivity index (χ0v) is 33.2. The van der Waals surface area contributed by atoms with Crippen molar-refractivity contribution in [3.05, 3.63) is 113 Å². The third-order valence-corrected chi connectivity index (χ3v) is 12.7. The van der Waals surface area contributed by atoms with Gasteiger partial charge in [0.05, 0.1) is 5.69 Å². The Balaban J connectivity index is 1.34. The van der Waals surface area contributed by atoms with Crippen molar-refractivity contribution < 1.29 is 0 Å². The molecule has 4 aromatic carbocycles. The van der Waals surface area contributed by atoms with Gasteiger partial charge in [-0.25, -0.2) is 0 Å². The van der Waals surface area contributed by atoms with E-state index in [1.807, 2.05) is 0 Å². The molecule has 1 nitrogen and oxygen atoms in total. The molecule has 0 fully saturated rings. The van der Waals surface area contributed by atoms with Crippen LogP contribution in [0.1, 0.15) is 184 Å². The summed E-state index contributed by atoms with van der Waals surface area (Å²) in [6, 6.07) is 33.0. The summed E-state index contributed by atoms with van der Waals surface area (Å²) in [5.41, 5.74) is 14.5. The lowest BCUT2D eigenvalue weighted by atomic mass is 9.70. The number of unbranched alkanes of at least 4 members (excludes halogenated alkanes) is 12. The molecule has 0 saturated carbocycles. The van der Waals surface area contributed by atoms with Gasteiger partial charge < -0.3 is 0 Å². The van der Waals surface area contributed by atoms with Crippen LogP contribution >= 0.6 is 0 Å². The zero-order chi connectivity index (χ0) is 36.2. The van der Waals surface area contributed by atoms with Crippen LogP contribution in [-0.4, -0.2) is 6.21 Å². The highest BCUT2D eigenvalue weighted by atomic mass is 14.7. The first-order chi connectivity index (χ1) is 25.6. The fourth-order valence-corrected chi connectivity index (χ4v) is 9.97. The minimum absolute atomic E-state index is 0.0907. The first-order valence-corrected chi connectivity index (χ1v) is 21.6. The molecule has 0 aliphatic heterocycles. The summed E-state index contributed by atoms with van der Waals surface area (Å²) < 4.78 is 0. The lowest BCUT2D eigenvalue weighted by Gasteiger charge is -2.33. The maximum atomic E-state index is 5.27. The highest BCUT2D eigenvalue weighted by molar-refractivity contribution is 5.89. The Bertz CT molecular complexity index is 1600. The van der Waals surface area contributed by atoms with E-state index in [1.165, 1.54) is 162 Å². The molecule has 0 saturated heterocycles. The molecule has 0 heterocycles. The van der Waals surface area contributed by atoms with Crippen molar-refractivity contribution in [2.45, 2.75) is 167 Å². The molecule has 0 radical (unpaired) electrons. The Morgan fingerprint density at radius 2 is 0.808 bits per heavy atom. The molecule has 1 heteroatoms. The van der Waals surface area contributed by atoms with Gasteiger partial charge in [0.1, 0.15) is 0 Å². The molecule has 2 aliphatic rings. The summed E-state index contributed by atoms with van der Waals surface area (Å²) in [6.07, 6.45) is 28.0. The van der Waals surface area contributed by atoms with E-state index in [0.29, 0.717) is 0 Å². The summed E-state index contributed by atoms with van der Waals surface area (Å²) in [5.74, 6) is 0. The molecule has 0 bridgehead atoms. The van der Waals surface area contributed by atoms with Gasteiger partial charge >= 0.3 is 0 Å². The van der Waals surface area contributed by atoms with E-state index in [9.17, 15) is 0 Å². The standard InChI is InChI=1S/C51H67N/c1-5-9-13-21-33-50(34-22-14-10-6-2)46-27-19-17-25-42(46)44-31-29-40(37-48(44)50)39-52-41-30-32-45-43-26-18-20-28-47(43)51(49(45)38-41,35-23-15-11-7-3)36-24-16-12-8-4/h17-20,25-32,37-39H,5-16,21-24,33-36H2,1-4H3. The van der Waals surface area contributed by atoms with Crippen LogP contribution in [0.15, 0.2) is 89.9 Å². The van der Waals surface area contributed by atoms with E-state index < -0.39 is 0 Å². The van der Waals surface area contributed by atoms with Crippen LogP contribution in [0.4, 0.5) is 5.69 Å². The highest BCUT2D eigenvalue weighted by Crippen LogP contribution is 2.56. The third-order valence-electron chi connectivity index (χ3n) is 12.7. The second-order valence-electron chi connectivity index (χ2n) is 16.3. The van der Waals surface area contributed by atoms with Crippen molar-refractivity contribution in [3.8, 4) is 22.3 Å². The van der Waals surface area contributed by atoms with Crippen molar-refractivity contribution in [1.29, 1.82) is 0 Å². The predicted octanol–water partition coefficient (Wildman–Crippen LogP) is 15.9. The second kappa shape index (κ2) is 18.5. The van der Waals surface area contributed by atoms with Crippen LogP contribution in [0, 0.1) is 0 Å². The molecular formula is C51H67N. The number of fused-ring (bicyclic) bond motifs is 6. The fourth-order valence-electron chi connectivity index (χ4n) is 9.97. The molecule has 0 aromatic heterocycles. The van der Waals surface area contributed by atoms with Gasteiger partial charge in [-0.2, -0.15) is 0 Å². The topological polar surface area (TPSA) is 12.4 Å². The number of aliphatic imine (C=N–C) groups is 1. The van der Waals surface area contributed by atoms with E-state index in [-0.39, 0.29) is 10.8 Å². The molecule has 0 unspecified atom stereocenters. The Kier molecular flexibility index (Phi) is 13.6. The van der Waals surface area contributed by atoms with Gasteiger partial charge in [-0.1, -0.05) is 197 Å². The van der Waals surface area contributed by atoms with Gasteiger partial charge in [-0.05, 0) is 94.0 Å². The van der Waals surface area contributed by atoms with Crippen molar-refractivity contribution in [2.75, 3.05) is 0 Å². The minimum Gasteiger partial charge on any atom is -0.256 e. The van der Waals surface area contributed by atoms with Crippen LogP contribution in [-0.2, 0) is 10.8 Å². The van der Waals surface area contributed by atoms with Crippen LogP contribution in [0.3, 0.4) is 0 Å². The van der Waals surface area contributed by atoms with Crippen LogP contribution < -0.4 is 0 Å². The summed E-state index contributed by atoms with van der Waals surface area (Å²) >= 11 is 0. The van der Waals surface area contributed by atoms with Crippen LogP contribution in [0.2, 0.25) is 0 Å². The third kappa shape index (κ3) is 8.05. The van der Waals surface area contributed by atoms with Gasteiger partial charge in [0, 0.05) is 17.0 Å². The molecule has 0 atom stereocenters. The fraction of sp³-hybridized carbons (Fsp3) is 0.510. The van der Waals surface area contributed by atoms with Crippen molar-refractivity contribution in [1.82, 2.24) is 0 Å². The molecule has 4 aromatic rings. The normalized spacial score (nSPS) is 14.8. The van der Waals surface area contributed by atoms with E-state index in [4.69, 9.17) is 4.99 Å². The second-order valence-corrected chi connectivity index (χ2v) is 16.3. The lowest BCUT2D eigenvalue weighted by molar-refractivity contribution is 0.401. The Morgan fingerprint density at radius 3 is 1.27 bits per heavy atom. The summed E-state index contributed by atoms with van der Waals surface area (Å²) in [5, 5.41) is 0. The molecule has 2 aliphatic carbocycles. The van der Waals surface area contributed by atoms with Crippen molar-refractivity contribution in [2.24, 2.45) is 4.99 Å². The van der Waals surface area contributed by atoms with Crippen molar-refractivity contribution >= 4 is 11.9 Å². The molecule has 0 spiro atoms. The van der Waals surface area contributed by atoms with E-state index in [1.54, 1.807) is 16.7 Å². The SMILES string of the molecule is CCCCCCC1(CCCCCC)c2ccccc2-c2ccc(C=Nc3ccc4c(c3)C(CCCCCC)(CCCCCC)c3ccccc3-4)cc21. The quantitative estimate of drug-likeness (QED) is 0.0574. The molecule has 0 N–H and O–H groups in total. The van der Waals surface area contributed by atoms with E-state index >= 15 is 0 Å². The van der Waals surface area contributed by atoms with Gasteiger partial charge in [0.15, 0.2) is 0 Å². The summed E-state index contributed by atoms with van der Waals surface area (Å²) in [6.45, 7) is 9.30. The summed E-state index contributed by atoms with van der Waals surface area (Å²) in [4.78, 5) is 5.27. The molecule has 276 valence electrons. The van der Waals surface area contributed by atoms with Gasteiger partial charge in [-0.3, -0.25) is 4.99 Å². The van der Waals surface area contributed by atoms with Crippen LogP contribution in [0.5, 0.6) is 0 Å². The molecule has 52 heavy (non-hydrogen) atoms. The average Bonchev–Trinajstić information content (AvgIpc) is 3.61. The Hall–Kier alpha value is -3.45.